The molecule has 0 aromatic heterocycles. The number of ether oxygens (including phenoxy) is 1. The Bertz CT molecular complexity index is 654. The molecule has 1 unspecified atom stereocenters. The summed E-state index contributed by atoms with van der Waals surface area (Å²) in [6, 6.07) is 11.6. The molecule has 0 aliphatic carbocycles. The van der Waals surface area contributed by atoms with E-state index in [0.29, 0.717) is 0 Å². The molecule has 0 saturated carbocycles. The van der Waals surface area contributed by atoms with Crippen LogP contribution in [0.1, 0.15) is 28.3 Å². The van der Waals surface area contributed by atoms with Gasteiger partial charge in [0.1, 0.15) is 11.6 Å². The minimum Gasteiger partial charge on any atom is -0.497 e. The van der Waals surface area contributed by atoms with E-state index < -0.39 is 0 Å². The third-order valence-corrected chi connectivity index (χ3v) is 4.24. The molecule has 110 valence electrons. The number of hydrogen-bond acceptors (Lipinski definition) is 2. The highest BCUT2D eigenvalue weighted by molar-refractivity contribution is 5.40. The number of nitrogens with one attached hydrogen (secondary N) is 1. The molecule has 1 atom stereocenters. The number of rotatable bonds is 3. The Morgan fingerprint density at radius 2 is 2.10 bits per heavy atom. The van der Waals surface area contributed by atoms with Crippen LogP contribution in [0, 0.1) is 12.7 Å². The first-order chi connectivity index (χ1) is 10.2. The molecule has 2 aromatic carbocycles. The summed E-state index contributed by atoms with van der Waals surface area (Å²) < 4.78 is 18.6. The van der Waals surface area contributed by atoms with E-state index in [1.165, 1.54) is 22.8 Å². The Morgan fingerprint density at radius 1 is 1.24 bits per heavy atom. The van der Waals surface area contributed by atoms with Gasteiger partial charge in [0.15, 0.2) is 0 Å². The third-order valence-electron chi connectivity index (χ3n) is 4.24. The standard InChI is InChI=1S/C18H20FNO/c1-12-9-15(19)5-3-14(12)10-18-17-11-16(21-2)6-4-13(17)7-8-20-18/h3-6,9,11,18,20H,7-8,10H2,1-2H3. The molecular formula is C18H20FNO. The lowest BCUT2D eigenvalue weighted by Crippen LogP contribution is -2.31. The molecule has 0 amide bonds. The Balaban J connectivity index is 1.90. The summed E-state index contributed by atoms with van der Waals surface area (Å²) in [4.78, 5) is 0. The van der Waals surface area contributed by atoms with Crippen molar-refractivity contribution in [3.05, 3.63) is 64.5 Å². The molecule has 2 nitrogen and oxygen atoms in total. The van der Waals surface area contributed by atoms with Crippen molar-refractivity contribution in [2.75, 3.05) is 13.7 Å². The Kier molecular flexibility index (Phi) is 3.93. The van der Waals surface area contributed by atoms with E-state index in [2.05, 4.69) is 17.4 Å². The van der Waals surface area contributed by atoms with Gasteiger partial charge in [-0.2, -0.15) is 0 Å². The van der Waals surface area contributed by atoms with Crippen LogP contribution in [-0.2, 0) is 12.8 Å². The van der Waals surface area contributed by atoms with Gasteiger partial charge in [-0.1, -0.05) is 12.1 Å². The molecule has 1 heterocycles. The van der Waals surface area contributed by atoms with E-state index >= 15 is 0 Å². The molecule has 21 heavy (non-hydrogen) atoms. The second kappa shape index (κ2) is 5.86. The normalized spacial score (nSPS) is 17.4. The number of hydrogen-bond donors (Lipinski definition) is 1. The second-order valence-corrected chi connectivity index (χ2v) is 5.60. The van der Waals surface area contributed by atoms with Gasteiger partial charge in [-0.05, 0) is 72.8 Å². The van der Waals surface area contributed by atoms with Crippen molar-refractivity contribution in [2.24, 2.45) is 0 Å². The van der Waals surface area contributed by atoms with Crippen LogP contribution in [0.15, 0.2) is 36.4 Å². The Hall–Kier alpha value is -1.87. The maximum Gasteiger partial charge on any atom is 0.123 e. The van der Waals surface area contributed by atoms with Gasteiger partial charge in [-0.25, -0.2) is 4.39 Å². The summed E-state index contributed by atoms with van der Waals surface area (Å²) >= 11 is 0. The third kappa shape index (κ3) is 2.93. The van der Waals surface area contributed by atoms with E-state index in [0.717, 1.165) is 30.7 Å². The maximum absolute atomic E-state index is 13.2. The SMILES string of the molecule is COc1ccc2c(c1)C(Cc1ccc(F)cc1C)NCC2. The molecule has 0 radical (unpaired) electrons. The molecule has 0 bridgehead atoms. The van der Waals surface area contributed by atoms with Crippen LogP contribution in [0.4, 0.5) is 4.39 Å². The van der Waals surface area contributed by atoms with Crippen LogP contribution in [0.3, 0.4) is 0 Å². The van der Waals surface area contributed by atoms with E-state index in [4.69, 9.17) is 4.74 Å². The van der Waals surface area contributed by atoms with Gasteiger partial charge in [-0.3, -0.25) is 0 Å². The van der Waals surface area contributed by atoms with E-state index in [-0.39, 0.29) is 11.9 Å². The molecule has 2 aromatic rings. The largest absolute Gasteiger partial charge is 0.497 e. The lowest BCUT2D eigenvalue weighted by molar-refractivity contribution is 0.411. The van der Waals surface area contributed by atoms with Gasteiger partial charge in [0, 0.05) is 6.04 Å². The Morgan fingerprint density at radius 3 is 2.86 bits per heavy atom. The highest BCUT2D eigenvalue weighted by Crippen LogP contribution is 2.30. The van der Waals surface area contributed by atoms with Crippen LogP contribution in [0.5, 0.6) is 5.75 Å². The van der Waals surface area contributed by atoms with Crippen molar-refractivity contribution in [2.45, 2.75) is 25.8 Å². The molecule has 1 aliphatic rings. The number of fused-ring (bicyclic) bond motifs is 1. The molecule has 3 rings (SSSR count). The van der Waals surface area contributed by atoms with Crippen LogP contribution in [-0.4, -0.2) is 13.7 Å². The van der Waals surface area contributed by atoms with E-state index in [1.54, 1.807) is 13.2 Å². The summed E-state index contributed by atoms with van der Waals surface area (Å²) in [6.07, 6.45) is 1.91. The van der Waals surface area contributed by atoms with Crippen LogP contribution in [0.2, 0.25) is 0 Å². The first-order valence-electron chi connectivity index (χ1n) is 7.32. The predicted octanol–water partition coefficient (Wildman–Crippen LogP) is 3.57. The van der Waals surface area contributed by atoms with Crippen molar-refractivity contribution in [1.29, 1.82) is 0 Å². The molecule has 0 saturated heterocycles. The second-order valence-electron chi connectivity index (χ2n) is 5.60. The van der Waals surface area contributed by atoms with Crippen molar-refractivity contribution < 1.29 is 9.13 Å². The highest BCUT2D eigenvalue weighted by atomic mass is 19.1. The molecule has 3 heteroatoms. The quantitative estimate of drug-likeness (QED) is 0.931. The Labute approximate surface area is 125 Å². The summed E-state index contributed by atoms with van der Waals surface area (Å²) in [6.45, 7) is 2.94. The lowest BCUT2D eigenvalue weighted by atomic mass is 9.89. The van der Waals surface area contributed by atoms with Crippen LogP contribution < -0.4 is 10.1 Å². The minimum absolute atomic E-state index is 0.171. The number of halogens is 1. The molecule has 1 aliphatic heterocycles. The average Bonchev–Trinajstić information content (AvgIpc) is 2.50. The van der Waals surface area contributed by atoms with E-state index in [9.17, 15) is 4.39 Å². The van der Waals surface area contributed by atoms with Gasteiger partial charge in [0.25, 0.3) is 0 Å². The molecule has 0 fully saturated rings. The van der Waals surface area contributed by atoms with Gasteiger partial charge < -0.3 is 10.1 Å². The van der Waals surface area contributed by atoms with Crippen molar-refractivity contribution in [3.8, 4) is 5.75 Å². The maximum atomic E-state index is 13.2. The predicted molar refractivity (Wildman–Crippen MR) is 82.3 cm³/mol. The fourth-order valence-electron chi connectivity index (χ4n) is 3.03. The molecular weight excluding hydrogens is 265 g/mol. The summed E-state index contributed by atoms with van der Waals surface area (Å²) in [5.74, 6) is 0.716. The summed E-state index contributed by atoms with van der Waals surface area (Å²) in [7, 11) is 1.69. The first-order valence-corrected chi connectivity index (χ1v) is 7.32. The topological polar surface area (TPSA) is 21.3 Å². The van der Waals surface area contributed by atoms with Crippen molar-refractivity contribution >= 4 is 0 Å². The number of methoxy groups -OCH3 is 1. The van der Waals surface area contributed by atoms with Crippen LogP contribution >= 0.6 is 0 Å². The summed E-state index contributed by atoms with van der Waals surface area (Å²) in [5, 5.41) is 3.57. The zero-order valence-corrected chi connectivity index (χ0v) is 12.4. The summed E-state index contributed by atoms with van der Waals surface area (Å²) in [5.41, 5.74) is 4.86. The molecule has 0 spiro atoms. The van der Waals surface area contributed by atoms with E-state index in [1.807, 2.05) is 19.1 Å². The molecule has 1 N–H and O–H groups in total. The van der Waals surface area contributed by atoms with Gasteiger partial charge in [0.2, 0.25) is 0 Å². The number of aryl methyl sites for hydroxylation is 1. The zero-order chi connectivity index (χ0) is 14.8. The smallest absolute Gasteiger partial charge is 0.123 e. The van der Waals surface area contributed by atoms with Gasteiger partial charge in [-0.15, -0.1) is 0 Å². The zero-order valence-electron chi connectivity index (χ0n) is 12.4. The monoisotopic (exact) mass is 285 g/mol. The fraction of sp³-hybridized carbons (Fsp3) is 0.333. The lowest BCUT2D eigenvalue weighted by Gasteiger charge is -2.28. The van der Waals surface area contributed by atoms with Gasteiger partial charge in [0.05, 0.1) is 7.11 Å². The average molecular weight is 285 g/mol. The first kappa shape index (κ1) is 14.1. The van der Waals surface area contributed by atoms with Gasteiger partial charge >= 0.3 is 0 Å². The van der Waals surface area contributed by atoms with Crippen LogP contribution in [0.25, 0.3) is 0 Å². The highest BCUT2D eigenvalue weighted by Gasteiger charge is 2.21. The minimum atomic E-state index is -0.171. The fourth-order valence-corrected chi connectivity index (χ4v) is 3.03. The van der Waals surface area contributed by atoms with Crippen molar-refractivity contribution in [3.63, 3.8) is 0 Å². The van der Waals surface area contributed by atoms with Crippen molar-refractivity contribution in [1.82, 2.24) is 5.32 Å². The number of benzene rings is 2.